The molecule has 0 aliphatic carbocycles. The molecule has 1 aromatic carbocycles. The summed E-state index contributed by atoms with van der Waals surface area (Å²) in [6.07, 6.45) is 0. The topological polar surface area (TPSA) is 73.6 Å². The minimum atomic E-state index is -0.438. The van der Waals surface area contributed by atoms with Crippen LogP contribution in [-0.2, 0) is 11.3 Å². The number of hydrogen-bond donors (Lipinski definition) is 1. The van der Waals surface area contributed by atoms with E-state index in [1.165, 1.54) is 19.2 Å². The fraction of sp³-hybridized carbons (Fsp3) is 0.538. The van der Waals surface area contributed by atoms with E-state index >= 15 is 0 Å². The molecule has 19 heavy (non-hydrogen) atoms. The number of benzene rings is 1. The SMILES string of the molecule is COc1cc(COCCNC(C)C)cc([N+](=O)[O-])c1. The number of ether oxygens (including phenoxy) is 2. The first kappa shape index (κ1) is 15.4. The number of nitro groups is 1. The maximum Gasteiger partial charge on any atom is 0.273 e. The summed E-state index contributed by atoms with van der Waals surface area (Å²) < 4.78 is 10.5. The monoisotopic (exact) mass is 268 g/mol. The maximum absolute atomic E-state index is 10.8. The minimum Gasteiger partial charge on any atom is -0.496 e. The fourth-order valence-corrected chi connectivity index (χ4v) is 1.56. The van der Waals surface area contributed by atoms with E-state index in [1.54, 1.807) is 6.07 Å². The molecule has 0 aliphatic heterocycles. The Balaban J connectivity index is 2.53. The number of hydrogen-bond acceptors (Lipinski definition) is 5. The molecule has 0 aromatic heterocycles. The standard InChI is InChI=1S/C13H20N2O4/c1-10(2)14-4-5-19-9-11-6-12(15(16)17)8-13(7-11)18-3/h6-8,10,14H,4-5,9H2,1-3H3. The van der Waals surface area contributed by atoms with Gasteiger partial charge in [-0.2, -0.15) is 0 Å². The van der Waals surface area contributed by atoms with Gasteiger partial charge in [0.25, 0.3) is 5.69 Å². The third-order valence-corrected chi connectivity index (χ3v) is 2.47. The van der Waals surface area contributed by atoms with E-state index in [0.717, 1.165) is 12.1 Å². The molecular weight excluding hydrogens is 248 g/mol. The number of nitrogens with one attached hydrogen (secondary N) is 1. The predicted octanol–water partition coefficient (Wildman–Crippen LogP) is 2.12. The normalized spacial score (nSPS) is 10.7. The Kier molecular flexibility index (Phi) is 6.24. The van der Waals surface area contributed by atoms with E-state index in [0.29, 0.717) is 25.0 Å². The van der Waals surface area contributed by atoms with Crippen molar-refractivity contribution < 1.29 is 14.4 Å². The van der Waals surface area contributed by atoms with Crippen molar-refractivity contribution in [1.82, 2.24) is 5.32 Å². The number of non-ortho nitro benzene ring substituents is 1. The highest BCUT2D eigenvalue weighted by molar-refractivity contribution is 5.42. The molecule has 6 nitrogen and oxygen atoms in total. The van der Waals surface area contributed by atoms with Crippen LogP contribution in [0.1, 0.15) is 19.4 Å². The van der Waals surface area contributed by atoms with E-state index in [4.69, 9.17) is 9.47 Å². The predicted molar refractivity (Wildman–Crippen MR) is 72.4 cm³/mol. The van der Waals surface area contributed by atoms with Gasteiger partial charge in [-0.25, -0.2) is 0 Å². The quantitative estimate of drug-likeness (QED) is 0.444. The Labute approximate surface area is 112 Å². The lowest BCUT2D eigenvalue weighted by Gasteiger charge is -2.09. The van der Waals surface area contributed by atoms with Crippen LogP contribution in [0, 0.1) is 10.1 Å². The lowest BCUT2D eigenvalue weighted by Crippen LogP contribution is -2.26. The largest absolute Gasteiger partial charge is 0.496 e. The van der Waals surface area contributed by atoms with Crippen molar-refractivity contribution in [2.24, 2.45) is 0 Å². The number of nitrogens with zero attached hydrogens (tertiary/aromatic N) is 1. The molecule has 1 N–H and O–H groups in total. The van der Waals surface area contributed by atoms with Crippen LogP contribution < -0.4 is 10.1 Å². The lowest BCUT2D eigenvalue weighted by molar-refractivity contribution is -0.385. The summed E-state index contributed by atoms with van der Waals surface area (Å²) in [5, 5.41) is 14.0. The Hall–Kier alpha value is -1.66. The third-order valence-electron chi connectivity index (χ3n) is 2.47. The number of rotatable bonds is 8. The van der Waals surface area contributed by atoms with Crippen molar-refractivity contribution in [3.8, 4) is 5.75 Å². The van der Waals surface area contributed by atoms with Gasteiger partial charge in [0.1, 0.15) is 5.75 Å². The van der Waals surface area contributed by atoms with Crippen molar-refractivity contribution in [3.63, 3.8) is 0 Å². The molecule has 0 aliphatic rings. The first-order valence-electron chi connectivity index (χ1n) is 6.16. The molecule has 0 saturated carbocycles. The zero-order valence-corrected chi connectivity index (χ0v) is 11.5. The second-order valence-electron chi connectivity index (χ2n) is 4.46. The highest BCUT2D eigenvalue weighted by Gasteiger charge is 2.10. The molecule has 1 rings (SSSR count). The van der Waals surface area contributed by atoms with Crippen molar-refractivity contribution in [1.29, 1.82) is 0 Å². The van der Waals surface area contributed by atoms with E-state index in [2.05, 4.69) is 19.2 Å². The number of nitro benzene ring substituents is 1. The Morgan fingerprint density at radius 2 is 2.11 bits per heavy atom. The van der Waals surface area contributed by atoms with Gasteiger partial charge in [0.2, 0.25) is 0 Å². The zero-order valence-electron chi connectivity index (χ0n) is 11.5. The molecule has 0 radical (unpaired) electrons. The van der Waals surface area contributed by atoms with E-state index in [9.17, 15) is 10.1 Å². The molecule has 0 saturated heterocycles. The summed E-state index contributed by atoms with van der Waals surface area (Å²) in [7, 11) is 1.48. The van der Waals surface area contributed by atoms with Gasteiger partial charge in [-0.1, -0.05) is 13.8 Å². The van der Waals surface area contributed by atoms with Crippen molar-refractivity contribution >= 4 is 5.69 Å². The van der Waals surface area contributed by atoms with Gasteiger partial charge in [-0.3, -0.25) is 10.1 Å². The van der Waals surface area contributed by atoms with E-state index < -0.39 is 4.92 Å². The number of methoxy groups -OCH3 is 1. The first-order valence-corrected chi connectivity index (χ1v) is 6.16. The minimum absolute atomic E-state index is 0.0123. The Morgan fingerprint density at radius 3 is 2.68 bits per heavy atom. The summed E-state index contributed by atoms with van der Waals surface area (Å²) in [5.41, 5.74) is 0.744. The molecule has 1 aromatic rings. The molecule has 0 fully saturated rings. The molecule has 0 spiro atoms. The van der Waals surface area contributed by atoms with Crippen molar-refractivity contribution in [2.75, 3.05) is 20.3 Å². The highest BCUT2D eigenvalue weighted by atomic mass is 16.6. The molecule has 106 valence electrons. The van der Waals surface area contributed by atoms with Gasteiger partial charge in [0.15, 0.2) is 0 Å². The molecule has 0 heterocycles. The van der Waals surface area contributed by atoms with Crippen molar-refractivity contribution in [2.45, 2.75) is 26.5 Å². The Bertz CT molecular complexity index is 421. The van der Waals surface area contributed by atoms with Gasteiger partial charge in [0.05, 0.1) is 31.3 Å². The van der Waals surface area contributed by atoms with Crippen LogP contribution in [0.5, 0.6) is 5.75 Å². The molecular formula is C13H20N2O4. The second kappa shape index (κ2) is 7.70. The average molecular weight is 268 g/mol. The van der Waals surface area contributed by atoms with Gasteiger partial charge >= 0.3 is 0 Å². The summed E-state index contributed by atoms with van der Waals surface area (Å²) in [5.74, 6) is 0.466. The van der Waals surface area contributed by atoms with Crippen LogP contribution in [0.2, 0.25) is 0 Å². The van der Waals surface area contributed by atoms with Crippen LogP contribution in [0.15, 0.2) is 18.2 Å². The molecule has 0 atom stereocenters. The smallest absolute Gasteiger partial charge is 0.273 e. The summed E-state index contributed by atoms with van der Waals surface area (Å²) in [4.78, 5) is 10.3. The fourth-order valence-electron chi connectivity index (χ4n) is 1.56. The summed E-state index contributed by atoms with van der Waals surface area (Å²) in [6.45, 7) is 5.77. The summed E-state index contributed by atoms with van der Waals surface area (Å²) in [6, 6.07) is 5.05. The van der Waals surface area contributed by atoms with Crippen molar-refractivity contribution in [3.05, 3.63) is 33.9 Å². The van der Waals surface area contributed by atoms with Crippen LogP contribution in [-0.4, -0.2) is 31.2 Å². The van der Waals surface area contributed by atoms with E-state index in [-0.39, 0.29) is 5.69 Å². The van der Waals surface area contributed by atoms with Gasteiger partial charge in [0, 0.05) is 18.7 Å². The summed E-state index contributed by atoms with van der Waals surface area (Å²) >= 11 is 0. The third kappa shape index (κ3) is 5.67. The van der Waals surface area contributed by atoms with Gasteiger partial charge < -0.3 is 14.8 Å². The zero-order chi connectivity index (χ0) is 14.3. The lowest BCUT2D eigenvalue weighted by atomic mass is 10.2. The van der Waals surface area contributed by atoms with Gasteiger partial charge in [-0.05, 0) is 11.6 Å². The van der Waals surface area contributed by atoms with Crippen LogP contribution in [0.3, 0.4) is 0 Å². The van der Waals surface area contributed by atoms with Crippen LogP contribution in [0.4, 0.5) is 5.69 Å². The maximum atomic E-state index is 10.8. The molecule has 0 amide bonds. The molecule has 6 heteroatoms. The molecule has 0 unspecified atom stereocenters. The van der Waals surface area contributed by atoms with Gasteiger partial charge in [-0.15, -0.1) is 0 Å². The van der Waals surface area contributed by atoms with Crippen LogP contribution >= 0.6 is 0 Å². The highest BCUT2D eigenvalue weighted by Crippen LogP contribution is 2.22. The van der Waals surface area contributed by atoms with Crippen LogP contribution in [0.25, 0.3) is 0 Å². The second-order valence-corrected chi connectivity index (χ2v) is 4.46. The average Bonchev–Trinajstić information content (AvgIpc) is 2.37. The Morgan fingerprint density at radius 1 is 1.37 bits per heavy atom. The first-order chi connectivity index (χ1) is 9.02. The van der Waals surface area contributed by atoms with E-state index in [1.807, 2.05) is 0 Å². The molecule has 0 bridgehead atoms.